The number of morpholine rings is 1. The molecule has 1 N–H and O–H groups in total. The summed E-state index contributed by atoms with van der Waals surface area (Å²) >= 11 is 0. The Morgan fingerprint density at radius 2 is 1.89 bits per heavy atom. The van der Waals surface area contributed by atoms with E-state index in [2.05, 4.69) is 10.5 Å². The molecule has 0 radical (unpaired) electrons. The molecule has 2 fully saturated rings. The summed E-state index contributed by atoms with van der Waals surface area (Å²) in [5.74, 6) is -1.10. The third-order valence-corrected chi connectivity index (χ3v) is 6.43. The second-order valence-electron chi connectivity index (χ2n) is 9.12. The maximum Gasteiger partial charge on any atom is 0.276 e. The fraction of sp³-hybridized carbons (Fsp3) is 0.346. The molecule has 0 bridgehead atoms. The molecule has 1 saturated carbocycles. The summed E-state index contributed by atoms with van der Waals surface area (Å²) in [6.45, 7) is 2.25. The van der Waals surface area contributed by atoms with Crippen LogP contribution in [0.25, 0.3) is 10.9 Å². The molecule has 5 rings (SSSR count). The molecule has 1 aliphatic heterocycles. The lowest BCUT2D eigenvalue weighted by molar-refractivity contribution is 0.0953. The Morgan fingerprint density at radius 3 is 2.54 bits per heavy atom. The van der Waals surface area contributed by atoms with E-state index in [1.54, 1.807) is 12.3 Å². The lowest BCUT2D eigenvalue weighted by Gasteiger charge is -2.29. The molecule has 3 aromatic rings. The summed E-state index contributed by atoms with van der Waals surface area (Å²) in [6.07, 6.45) is 5.00. The highest BCUT2D eigenvalue weighted by molar-refractivity contribution is 5.98. The van der Waals surface area contributed by atoms with Gasteiger partial charge in [-0.1, -0.05) is 12.1 Å². The lowest BCUT2D eigenvalue weighted by Crippen LogP contribution is -2.37. The van der Waals surface area contributed by atoms with Gasteiger partial charge < -0.3 is 19.1 Å². The van der Waals surface area contributed by atoms with Crippen molar-refractivity contribution in [3.63, 3.8) is 0 Å². The highest BCUT2D eigenvalue weighted by atomic mass is 19.1. The highest BCUT2D eigenvalue weighted by Crippen LogP contribution is 2.38. The first kappa shape index (κ1) is 23.0. The number of fused-ring (bicyclic) bond motifs is 1. The summed E-state index contributed by atoms with van der Waals surface area (Å²) < 4.78 is 22.4. The van der Waals surface area contributed by atoms with Gasteiger partial charge in [-0.05, 0) is 42.7 Å². The van der Waals surface area contributed by atoms with Crippen molar-refractivity contribution in [3.8, 4) is 0 Å². The molecule has 182 valence electrons. The van der Waals surface area contributed by atoms with E-state index >= 15 is 4.39 Å². The number of nitrogens with zero attached hydrogens (tertiary/aromatic N) is 4. The minimum atomic E-state index is -0.620. The van der Waals surface area contributed by atoms with Crippen molar-refractivity contribution in [3.05, 3.63) is 69.8 Å². The number of anilines is 2. The smallest absolute Gasteiger partial charge is 0.276 e. The van der Waals surface area contributed by atoms with E-state index in [9.17, 15) is 9.59 Å². The molecular formula is C26H28FN5O3. The molecule has 2 heterocycles. The molecule has 2 aliphatic rings. The van der Waals surface area contributed by atoms with Crippen LogP contribution >= 0.6 is 0 Å². The molecule has 0 spiro atoms. The fourth-order valence-corrected chi connectivity index (χ4v) is 4.31. The van der Waals surface area contributed by atoms with Crippen molar-refractivity contribution in [2.24, 2.45) is 5.10 Å². The van der Waals surface area contributed by atoms with Crippen LogP contribution in [0.3, 0.4) is 0 Å². The third-order valence-electron chi connectivity index (χ3n) is 6.43. The average Bonchev–Trinajstić information content (AvgIpc) is 3.70. The molecule has 1 aromatic heterocycles. The number of hydrogen-bond donors (Lipinski definition) is 1. The number of benzene rings is 2. The standard InChI is InChI=1S/C26H28FN5O3/c1-30(2)18-5-3-17(4-6-18)15-28-29-26(34)21-16-32(19-7-8-19)23-14-24(31-9-11-35-12-10-31)22(27)13-20(23)25(21)33/h3-6,13-16,19H,7-12H2,1-2H3,(H,29,34)/b28-15-. The maximum absolute atomic E-state index is 15.1. The number of nitrogens with one attached hydrogen (secondary N) is 1. The Labute approximate surface area is 202 Å². The number of hydrogen-bond acceptors (Lipinski definition) is 6. The predicted octanol–water partition coefficient (Wildman–Crippen LogP) is 3.14. The van der Waals surface area contributed by atoms with Crippen LogP contribution in [0, 0.1) is 5.82 Å². The summed E-state index contributed by atoms with van der Waals surface area (Å²) in [5, 5.41) is 4.21. The van der Waals surface area contributed by atoms with Gasteiger partial charge in [0.15, 0.2) is 0 Å². The maximum atomic E-state index is 15.1. The summed E-state index contributed by atoms with van der Waals surface area (Å²) in [6, 6.07) is 10.8. The van der Waals surface area contributed by atoms with Gasteiger partial charge in [-0.2, -0.15) is 5.10 Å². The first-order chi connectivity index (χ1) is 16.9. The van der Waals surface area contributed by atoms with Gasteiger partial charge >= 0.3 is 0 Å². The lowest BCUT2D eigenvalue weighted by atomic mass is 10.1. The van der Waals surface area contributed by atoms with Crippen LogP contribution in [-0.4, -0.2) is 57.1 Å². The average molecular weight is 478 g/mol. The van der Waals surface area contributed by atoms with Crippen LogP contribution in [0.4, 0.5) is 15.8 Å². The van der Waals surface area contributed by atoms with E-state index < -0.39 is 17.2 Å². The normalized spacial score (nSPS) is 16.1. The van der Waals surface area contributed by atoms with Gasteiger partial charge in [-0.15, -0.1) is 0 Å². The third kappa shape index (κ3) is 4.77. The van der Waals surface area contributed by atoms with Gasteiger partial charge in [0.2, 0.25) is 5.43 Å². The molecular weight excluding hydrogens is 449 g/mol. The van der Waals surface area contributed by atoms with Crippen molar-refractivity contribution < 1.29 is 13.9 Å². The zero-order valence-corrected chi connectivity index (χ0v) is 19.8. The zero-order chi connectivity index (χ0) is 24.5. The first-order valence-corrected chi connectivity index (χ1v) is 11.7. The number of rotatable bonds is 6. The second kappa shape index (κ2) is 9.50. The molecule has 1 amide bonds. The molecule has 9 heteroatoms. The molecule has 1 aliphatic carbocycles. The molecule has 8 nitrogen and oxygen atoms in total. The number of amides is 1. The first-order valence-electron chi connectivity index (χ1n) is 11.7. The zero-order valence-electron chi connectivity index (χ0n) is 19.8. The van der Waals surface area contributed by atoms with Crippen molar-refractivity contribution in [1.29, 1.82) is 0 Å². The number of hydrazone groups is 1. The van der Waals surface area contributed by atoms with Crippen LogP contribution in [0.1, 0.15) is 34.8 Å². The van der Waals surface area contributed by atoms with Crippen LogP contribution in [-0.2, 0) is 4.74 Å². The summed E-state index contributed by atoms with van der Waals surface area (Å²) in [4.78, 5) is 30.0. The number of aromatic nitrogens is 1. The molecule has 2 aromatic carbocycles. The van der Waals surface area contributed by atoms with Gasteiger partial charge in [0.05, 0.1) is 30.6 Å². The summed E-state index contributed by atoms with van der Waals surface area (Å²) in [5.41, 5.74) is 4.84. The van der Waals surface area contributed by atoms with Crippen molar-refractivity contribution >= 4 is 34.4 Å². The number of carbonyl (C=O) groups excluding carboxylic acids is 1. The van der Waals surface area contributed by atoms with E-state index in [-0.39, 0.29) is 17.0 Å². The van der Waals surface area contributed by atoms with E-state index in [1.807, 2.05) is 52.7 Å². The van der Waals surface area contributed by atoms with Crippen LogP contribution in [0.15, 0.2) is 52.5 Å². The largest absolute Gasteiger partial charge is 0.378 e. The van der Waals surface area contributed by atoms with Crippen molar-refractivity contribution in [1.82, 2.24) is 9.99 Å². The Morgan fingerprint density at radius 1 is 1.17 bits per heavy atom. The van der Waals surface area contributed by atoms with E-state index in [0.717, 1.165) is 24.1 Å². The van der Waals surface area contributed by atoms with Crippen LogP contribution in [0.2, 0.25) is 0 Å². The monoisotopic (exact) mass is 477 g/mol. The van der Waals surface area contributed by atoms with Crippen molar-refractivity contribution in [2.45, 2.75) is 18.9 Å². The van der Waals surface area contributed by atoms with Crippen LogP contribution < -0.4 is 20.7 Å². The Bertz CT molecular complexity index is 1340. The quantitative estimate of drug-likeness (QED) is 0.436. The van der Waals surface area contributed by atoms with Gasteiger partial charge in [-0.25, -0.2) is 9.82 Å². The number of ether oxygens (including phenoxy) is 1. The fourth-order valence-electron chi connectivity index (χ4n) is 4.31. The number of carbonyl (C=O) groups is 1. The Hall–Kier alpha value is -3.72. The Kier molecular flexibility index (Phi) is 6.25. The minimum Gasteiger partial charge on any atom is -0.378 e. The van der Waals surface area contributed by atoms with Gasteiger partial charge in [0.1, 0.15) is 11.4 Å². The molecule has 35 heavy (non-hydrogen) atoms. The number of pyridine rings is 1. The van der Waals surface area contributed by atoms with Crippen molar-refractivity contribution in [2.75, 3.05) is 50.2 Å². The van der Waals surface area contributed by atoms with Gasteiger partial charge in [0, 0.05) is 50.5 Å². The van der Waals surface area contributed by atoms with Gasteiger partial charge in [-0.3, -0.25) is 9.59 Å². The predicted molar refractivity (Wildman–Crippen MR) is 135 cm³/mol. The van der Waals surface area contributed by atoms with Gasteiger partial charge in [0.25, 0.3) is 5.91 Å². The van der Waals surface area contributed by atoms with Crippen LogP contribution in [0.5, 0.6) is 0 Å². The molecule has 0 unspecified atom stereocenters. The van der Waals surface area contributed by atoms with E-state index in [1.165, 1.54) is 12.3 Å². The molecule has 1 saturated heterocycles. The SMILES string of the molecule is CN(C)c1ccc(/C=N\NC(=O)c2cn(C3CC3)c3cc(N4CCOCC4)c(F)cc3c2=O)cc1. The summed E-state index contributed by atoms with van der Waals surface area (Å²) in [7, 11) is 3.91. The topological polar surface area (TPSA) is 79.2 Å². The van der Waals surface area contributed by atoms with E-state index in [4.69, 9.17) is 4.74 Å². The second-order valence-corrected chi connectivity index (χ2v) is 9.12. The van der Waals surface area contributed by atoms with E-state index in [0.29, 0.717) is 37.5 Å². The molecule has 0 atom stereocenters. The number of halogens is 1. The Balaban J connectivity index is 1.44. The minimum absolute atomic E-state index is 0.0528. The highest BCUT2D eigenvalue weighted by Gasteiger charge is 2.28.